The van der Waals surface area contributed by atoms with Crippen LogP contribution < -0.4 is 10.1 Å². The first kappa shape index (κ1) is 15.2. The maximum absolute atomic E-state index is 6.25. The van der Waals surface area contributed by atoms with Crippen LogP contribution in [-0.2, 0) is 11.3 Å². The number of ether oxygens (including phenoxy) is 2. The van der Waals surface area contributed by atoms with Crippen LogP contribution in [0.4, 0.5) is 11.5 Å². The van der Waals surface area contributed by atoms with Crippen molar-refractivity contribution in [2.45, 2.75) is 26.2 Å². The van der Waals surface area contributed by atoms with E-state index in [9.17, 15) is 0 Å². The van der Waals surface area contributed by atoms with Crippen molar-refractivity contribution in [3.8, 4) is 5.75 Å². The van der Waals surface area contributed by atoms with Gasteiger partial charge in [0.1, 0.15) is 11.6 Å². The highest BCUT2D eigenvalue weighted by Gasteiger charge is 2.28. The van der Waals surface area contributed by atoms with Crippen LogP contribution >= 0.6 is 11.6 Å². The lowest BCUT2D eigenvalue weighted by Crippen LogP contribution is -2.35. The van der Waals surface area contributed by atoms with Crippen molar-refractivity contribution in [3.63, 3.8) is 0 Å². The maximum Gasteiger partial charge on any atom is 0.205 e. The second kappa shape index (κ2) is 5.65. The van der Waals surface area contributed by atoms with Crippen LogP contribution in [0, 0.1) is 0 Å². The van der Waals surface area contributed by atoms with Crippen molar-refractivity contribution in [2.24, 2.45) is 0 Å². The Kier molecular flexibility index (Phi) is 3.59. The third kappa shape index (κ3) is 2.79. The van der Waals surface area contributed by atoms with Gasteiger partial charge in [-0.05, 0) is 30.3 Å². The SMILES string of the molecule is CC1(C)OCc2c(Nc3ccc4cccc(Cl)c4n3)cccc2O1. The standard InChI is InChI=1S/C19H17ClN2O2/c1-19(2)23-11-13-15(7-4-8-16(13)24-19)21-17-10-9-12-5-3-6-14(20)18(12)22-17/h3-10H,11H2,1-2H3,(H,21,22). The summed E-state index contributed by atoms with van der Waals surface area (Å²) in [6.07, 6.45) is 0. The normalized spacial score (nSPS) is 15.6. The second-order valence-corrected chi connectivity index (χ2v) is 6.61. The van der Waals surface area contributed by atoms with E-state index in [1.165, 1.54) is 0 Å². The predicted molar refractivity (Wildman–Crippen MR) is 96.0 cm³/mol. The number of benzene rings is 2. The molecule has 4 rings (SSSR count). The van der Waals surface area contributed by atoms with E-state index in [1.54, 1.807) is 0 Å². The van der Waals surface area contributed by atoms with Gasteiger partial charge >= 0.3 is 0 Å². The Labute approximate surface area is 145 Å². The zero-order valence-electron chi connectivity index (χ0n) is 13.5. The monoisotopic (exact) mass is 340 g/mol. The first-order valence-corrected chi connectivity index (χ1v) is 8.17. The van der Waals surface area contributed by atoms with Crippen molar-refractivity contribution in [1.82, 2.24) is 4.98 Å². The molecule has 1 N–H and O–H groups in total. The molecule has 0 fully saturated rings. The number of halogens is 1. The van der Waals surface area contributed by atoms with Gasteiger partial charge in [-0.1, -0.05) is 29.8 Å². The number of pyridine rings is 1. The van der Waals surface area contributed by atoms with Gasteiger partial charge in [-0.15, -0.1) is 0 Å². The lowest BCUT2D eigenvalue weighted by molar-refractivity contribution is -0.179. The predicted octanol–water partition coefficient (Wildman–Crippen LogP) is 5.28. The number of para-hydroxylation sites is 1. The summed E-state index contributed by atoms with van der Waals surface area (Å²) in [5, 5.41) is 5.00. The molecule has 4 nitrogen and oxygen atoms in total. The molecule has 0 amide bonds. The highest BCUT2D eigenvalue weighted by atomic mass is 35.5. The van der Waals surface area contributed by atoms with Gasteiger partial charge in [0.2, 0.25) is 5.79 Å². The molecule has 1 aliphatic heterocycles. The summed E-state index contributed by atoms with van der Waals surface area (Å²) >= 11 is 6.25. The quantitative estimate of drug-likeness (QED) is 0.689. The molecule has 0 saturated heterocycles. The van der Waals surface area contributed by atoms with Gasteiger partial charge in [-0.25, -0.2) is 4.98 Å². The van der Waals surface area contributed by atoms with Gasteiger partial charge in [-0.3, -0.25) is 0 Å². The van der Waals surface area contributed by atoms with Crippen molar-refractivity contribution in [1.29, 1.82) is 0 Å². The van der Waals surface area contributed by atoms with Crippen molar-refractivity contribution >= 4 is 34.0 Å². The van der Waals surface area contributed by atoms with Crippen LogP contribution in [0.15, 0.2) is 48.5 Å². The second-order valence-electron chi connectivity index (χ2n) is 6.21. The molecule has 0 saturated carbocycles. The van der Waals surface area contributed by atoms with E-state index in [2.05, 4.69) is 10.3 Å². The first-order valence-electron chi connectivity index (χ1n) is 7.79. The molecule has 0 unspecified atom stereocenters. The van der Waals surface area contributed by atoms with Gasteiger partial charge in [0, 0.05) is 30.5 Å². The molecular formula is C19H17ClN2O2. The molecule has 0 radical (unpaired) electrons. The zero-order chi connectivity index (χ0) is 16.7. The van der Waals surface area contributed by atoms with E-state index in [-0.39, 0.29) is 0 Å². The van der Waals surface area contributed by atoms with Crippen LogP contribution in [0.5, 0.6) is 5.75 Å². The van der Waals surface area contributed by atoms with E-state index in [0.29, 0.717) is 11.6 Å². The molecule has 5 heteroatoms. The van der Waals surface area contributed by atoms with E-state index >= 15 is 0 Å². The summed E-state index contributed by atoms with van der Waals surface area (Å²) in [6, 6.07) is 15.6. The Bertz CT molecular complexity index is 924. The third-order valence-corrected chi connectivity index (χ3v) is 4.29. The van der Waals surface area contributed by atoms with Gasteiger partial charge in [0.25, 0.3) is 0 Å². The van der Waals surface area contributed by atoms with Crippen LogP contribution in [0.1, 0.15) is 19.4 Å². The molecule has 1 aliphatic rings. The Morgan fingerprint density at radius 1 is 1.08 bits per heavy atom. The largest absolute Gasteiger partial charge is 0.463 e. The molecule has 1 aromatic heterocycles. The molecule has 24 heavy (non-hydrogen) atoms. The van der Waals surface area contributed by atoms with Crippen LogP contribution in [0.2, 0.25) is 5.02 Å². The van der Waals surface area contributed by atoms with Gasteiger partial charge < -0.3 is 14.8 Å². The Balaban J connectivity index is 1.70. The van der Waals surface area contributed by atoms with Crippen LogP contribution in [0.3, 0.4) is 0 Å². The Hall–Kier alpha value is -2.30. The topological polar surface area (TPSA) is 43.4 Å². The van der Waals surface area contributed by atoms with Crippen molar-refractivity contribution in [2.75, 3.05) is 5.32 Å². The smallest absolute Gasteiger partial charge is 0.205 e. The average Bonchev–Trinajstić information content (AvgIpc) is 2.55. The molecule has 0 atom stereocenters. The summed E-state index contributed by atoms with van der Waals surface area (Å²) < 4.78 is 11.6. The number of rotatable bonds is 2. The minimum absolute atomic E-state index is 0.486. The lowest BCUT2D eigenvalue weighted by Gasteiger charge is -2.33. The zero-order valence-corrected chi connectivity index (χ0v) is 14.2. The number of nitrogens with zero attached hydrogens (tertiary/aromatic N) is 1. The number of aromatic nitrogens is 1. The fraction of sp³-hybridized carbons (Fsp3) is 0.211. The van der Waals surface area contributed by atoms with Gasteiger partial charge in [0.05, 0.1) is 17.1 Å². The molecule has 122 valence electrons. The summed E-state index contributed by atoms with van der Waals surface area (Å²) in [5.41, 5.74) is 2.68. The molecule has 0 spiro atoms. The van der Waals surface area contributed by atoms with Crippen molar-refractivity contribution in [3.05, 3.63) is 59.1 Å². The van der Waals surface area contributed by atoms with E-state index in [4.69, 9.17) is 21.1 Å². The fourth-order valence-electron chi connectivity index (χ4n) is 2.79. The first-order chi connectivity index (χ1) is 11.5. The molecule has 0 bridgehead atoms. The maximum atomic E-state index is 6.25. The third-order valence-electron chi connectivity index (χ3n) is 3.99. The molecular weight excluding hydrogens is 324 g/mol. The van der Waals surface area contributed by atoms with Crippen molar-refractivity contribution < 1.29 is 9.47 Å². The summed E-state index contributed by atoms with van der Waals surface area (Å²) in [7, 11) is 0. The van der Waals surface area contributed by atoms with Crippen LogP contribution in [-0.4, -0.2) is 10.8 Å². The van der Waals surface area contributed by atoms with E-state index in [0.717, 1.165) is 33.7 Å². The number of hydrogen-bond acceptors (Lipinski definition) is 4. The van der Waals surface area contributed by atoms with Crippen LogP contribution in [0.25, 0.3) is 10.9 Å². The summed E-state index contributed by atoms with van der Waals surface area (Å²) in [6.45, 7) is 4.30. The number of fused-ring (bicyclic) bond motifs is 2. The minimum Gasteiger partial charge on any atom is -0.463 e. The van der Waals surface area contributed by atoms with E-state index < -0.39 is 5.79 Å². The fourth-order valence-corrected chi connectivity index (χ4v) is 3.01. The Morgan fingerprint density at radius 3 is 2.79 bits per heavy atom. The number of hydrogen-bond donors (Lipinski definition) is 1. The van der Waals surface area contributed by atoms with E-state index in [1.807, 2.05) is 62.4 Å². The highest BCUT2D eigenvalue weighted by molar-refractivity contribution is 6.35. The summed E-state index contributed by atoms with van der Waals surface area (Å²) in [4.78, 5) is 4.62. The Morgan fingerprint density at radius 2 is 1.92 bits per heavy atom. The number of nitrogens with one attached hydrogen (secondary N) is 1. The average molecular weight is 341 g/mol. The molecule has 0 aliphatic carbocycles. The lowest BCUT2D eigenvalue weighted by atomic mass is 10.1. The van der Waals surface area contributed by atoms with Gasteiger partial charge in [-0.2, -0.15) is 0 Å². The molecule has 3 aromatic rings. The minimum atomic E-state index is -0.611. The molecule has 2 heterocycles. The summed E-state index contributed by atoms with van der Waals surface area (Å²) in [5.74, 6) is 0.948. The molecule has 2 aromatic carbocycles. The highest BCUT2D eigenvalue weighted by Crippen LogP contribution is 2.36. The van der Waals surface area contributed by atoms with Gasteiger partial charge in [0.15, 0.2) is 0 Å². The number of anilines is 2.